The van der Waals surface area contributed by atoms with Crippen LogP contribution in [0.3, 0.4) is 0 Å². The first-order valence-corrected chi connectivity index (χ1v) is 16.0. The van der Waals surface area contributed by atoms with Gasteiger partial charge in [-0.05, 0) is 49.1 Å². The molecule has 1 aliphatic rings. The number of hydrogen-bond acceptors (Lipinski definition) is 12. The van der Waals surface area contributed by atoms with Gasteiger partial charge in [0.15, 0.2) is 11.5 Å². The lowest BCUT2D eigenvalue weighted by Crippen LogP contribution is -2.39. The zero-order valence-electron chi connectivity index (χ0n) is 24.5. The minimum Gasteiger partial charge on any atom is -0.486 e. The summed E-state index contributed by atoms with van der Waals surface area (Å²) < 4.78 is 52.6. The molecule has 0 saturated heterocycles. The minimum atomic E-state index is -5.02. The lowest BCUT2D eigenvalue weighted by atomic mass is 9.85. The van der Waals surface area contributed by atoms with Gasteiger partial charge in [-0.1, -0.05) is 28.9 Å². The van der Waals surface area contributed by atoms with E-state index in [1.807, 2.05) is 6.92 Å². The van der Waals surface area contributed by atoms with Crippen molar-refractivity contribution >= 4 is 49.9 Å². The highest BCUT2D eigenvalue weighted by atomic mass is 79.9. The van der Waals surface area contributed by atoms with Crippen molar-refractivity contribution in [3.63, 3.8) is 0 Å². The Morgan fingerprint density at radius 1 is 1.02 bits per heavy atom. The molecule has 3 atom stereocenters. The number of nitro benzene ring substituents is 1. The largest absolute Gasteiger partial charge is 0.501 e. The first-order valence-electron chi connectivity index (χ1n) is 13.5. The molecule has 0 aromatic heterocycles. The van der Waals surface area contributed by atoms with Gasteiger partial charge in [0.1, 0.15) is 12.2 Å². The third kappa shape index (κ3) is 9.29. The van der Waals surface area contributed by atoms with Gasteiger partial charge in [-0.15, -0.1) is 8.42 Å². The fraction of sp³-hybridized carbons (Fsp3) is 0.464. The van der Waals surface area contributed by atoms with Crippen molar-refractivity contribution in [3.05, 3.63) is 57.6 Å². The Morgan fingerprint density at radius 3 is 2.30 bits per heavy atom. The molecule has 240 valence electrons. The van der Waals surface area contributed by atoms with E-state index in [4.69, 9.17) is 22.6 Å². The molecule has 3 rings (SSSR count). The van der Waals surface area contributed by atoms with E-state index >= 15 is 0 Å². The van der Waals surface area contributed by atoms with E-state index in [0.29, 0.717) is 18.5 Å². The van der Waals surface area contributed by atoms with Gasteiger partial charge in [-0.25, -0.2) is 0 Å². The molecular formula is C28H33BrN2O12S. The number of ether oxygens (including phenoxy) is 3. The van der Waals surface area contributed by atoms with Gasteiger partial charge in [0, 0.05) is 43.9 Å². The van der Waals surface area contributed by atoms with E-state index in [1.165, 1.54) is 37.1 Å². The Morgan fingerprint density at radius 2 is 1.68 bits per heavy atom. The van der Waals surface area contributed by atoms with Crippen LogP contribution in [0.2, 0.25) is 0 Å². The molecule has 0 spiro atoms. The van der Waals surface area contributed by atoms with E-state index in [-0.39, 0.29) is 35.9 Å². The second-order valence-corrected chi connectivity index (χ2v) is 11.8. The standard InChI is InChI=1S/C28H33BrN2O12S/c1-5-10-30(3)27(33)19-7-9-25(41-22-13-20(28(34)39-4)12-21(15-22)40-17(2)32)26(14-19)43-44(37,38)42-24-8-6-18(16-29)11-23(24)31(35)36/h6-9,11,14,20-22H,5,10,12-13,15-16H2,1-4H3/t20-,21+,22-/m1/s1. The van der Waals surface area contributed by atoms with Gasteiger partial charge < -0.3 is 27.5 Å². The SMILES string of the molecule is CCCN(C)C(=O)c1ccc(O[C@H]2C[C@@H](OC(C)=O)C[C@@H](C(=O)OC)C2)c(OS(=O)(=O)Oc2ccc(CBr)cc2[N+](=O)[O-])c1. The lowest BCUT2D eigenvalue weighted by Gasteiger charge is -2.33. The Bertz CT molecular complexity index is 1500. The summed E-state index contributed by atoms with van der Waals surface area (Å²) >= 11 is 3.19. The first kappa shape index (κ1) is 34.6. The summed E-state index contributed by atoms with van der Waals surface area (Å²) in [5, 5.41) is 11.9. The molecule has 1 saturated carbocycles. The molecule has 0 bridgehead atoms. The highest BCUT2D eigenvalue weighted by Gasteiger charge is 2.37. The molecule has 1 amide bonds. The predicted octanol–water partition coefficient (Wildman–Crippen LogP) is 4.33. The third-order valence-electron chi connectivity index (χ3n) is 6.64. The number of benzene rings is 2. The average molecular weight is 702 g/mol. The summed E-state index contributed by atoms with van der Waals surface area (Å²) in [6.07, 6.45) is -0.236. The van der Waals surface area contributed by atoms with E-state index in [0.717, 1.165) is 18.2 Å². The second kappa shape index (κ2) is 15.2. The Labute approximate surface area is 263 Å². The zero-order chi connectivity index (χ0) is 32.6. The molecule has 44 heavy (non-hydrogen) atoms. The van der Waals surface area contributed by atoms with Crippen molar-refractivity contribution in [3.8, 4) is 17.2 Å². The number of halogens is 1. The normalized spacial score (nSPS) is 18.1. The smallest absolute Gasteiger partial charge is 0.486 e. The van der Waals surface area contributed by atoms with Crippen LogP contribution >= 0.6 is 15.9 Å². The van der Waals surface area contributed by atoms with Crippen molar-refractivity contribution in [2.45, 2.75) is 57.1 Å². The van der Waals surface area contributed by atoms with Gasteiger partial charge in [0.25, 0.3) is 5.91 Å². The minimum absolute atomic E-state index is 0.0695. The lowest BCUT2D eigenvalue weighted by molar-refractivity contribution is -0.385. The van der Waals surface area contributed by atoms with Gasteiger partial charge in [-0.2, -0.15) is 0 Å². The molecule has 0 heterocycles. The number of amides is 1. The van der Waals surface area contributed by atoms with Crippen molar-refractivity contribution in [2.24, 2.45) is 5.92 Å². The molecular weight excluding hydrogens is 668 g/mol. The fourth-order valence-corrected chi connectivity index (χ4v) is 5.83. The zero-order valence-corrected chi connectivity index (χ0v) is 26.9. The number of methoxy groups -OCH3 is 1. The van der Waals surface area contributed by atoms with Crippen LogP contribution in [-0.4, -0.2) is 69.0 Å². The first-order chi connectivity index (χ1) is 20.8. The van der Waals surface area contributed by atoms with Crippen LogP contribution in [0.25, 0.3) is 0 Å². The Kier molecular flexibility index (Phi) is 11.9. The highest BCUT2D eigenvalue weighted by Crippen LogP contribution is 2.37. The van der Waals surface area contributed by atoms with Crippen LogP contribution in [0, 0.1) is 16.0 Å². The monoisotopic (exact) mass is 700 g/mol. The highest BCUT2D eigenvalue weighted by molar-refractivity contribution is 9.08. The molecule has 14 nitrogen and oxygen atoms in total. The number of nitrogens with zero attached hydrogens (tertiary/aromatic N) is 2. The molecule has 1 fully saturated rings. The molecule has 16 heteroatoms. The van der Waals surface area contributed by atoms with Crippen LogP contribution in [-0.2, 0) is 34.8 Å². The van der Waals surface area contributed by atoms with Gasteiger partial charge >= 0.3 is 28.0 Å². The van der Waals surface area contributed by atoms with E-state index < -0.39 is 68.5 Å². The van der Waals surface area contributed by atoms with Crippen LogP contribution in [0.15, 0.2) is 36.4 Å². The van der Waals surface area contributed by atoms with Crippen LogP contribution < -0.4 is 13.1 Å². The summed E-state index contributed by atoms with van der Waals surface area (Å²) in [6, 6.07) is 7.60. The fourth-order valence-electron chi connectivity index (χ4n) is 4.74. The average Bonchev–Trinajstić information content (AvgIpc) is 2.96. The predicted molar refractivity (Wildman–Crippen MR) is 159 cm³/mol. The van der Waals surface area contributed by atoms with Crippen molar-refractivity contribution in [1.29, 1.82) is 0 Å². The summed E-state index contributed by atoms with van der Waals surface area (Å²) in [5.74, 6) is -3.35. The van der Waals surface area contributed by atoms with Crippen LogP contribution in [0.1, 0.15) is 55.5 Å². The quantitative estimate of drug-likeness (QED) is 0.125. The van der Waals surface area contributed by atoms with E-state index in [2.05, 4.69) is 15.9 Å². The number of hydrogen-bond donors (Lipinski definition) is 0. The molecule has 2 aromatic rings. The van der Waals surface area contributed by atoms with Gasteiger partial charge in [-0.3, -0.25) is 24.5 Å². The number of rotatable bonds is 13. The third-order valence-corrected chi connectivity index (χ3v) is 8.05. The van der Waals surface area contributed by atoms with Gasteiger partial charge in [0.05, 0.1) is 18.0 Å². The van der Waals surface area contributed by atoms with Gasteiger partial charge in [0.2, 0.25) is 5.75 Å². The van der Waals surface area contributed by atoms with E-state index in [1.54, 1.807) is 7.05 Å². The van der Waals surface area contributed by atoms with Crippen LogP contribution in [0.5, 0.6) is 17.2 Å². The summed E-state index contributed by atoms with van der Waals surface area (Å²) in [7, 11) is -2.21. The summed E-state index contributed by atoms with van der Waals surface area (Å²) in [5.41, 5.74) is -0.0337. The maximum absolute atomic E-state index is 13.1. The summed E-state index contributed by atoms with van der Waals surface area (Å²) in [6.45, 7) is 3.55. The molecule has 0 unspecified atom stereocenters. The van der Waals surface area contributed by atoms with Crippen molar-refractivity contribution in [1.82, 2.24) is 4.90 Å². The number of nitro groups is 1. The molecule has 1 aliphatic carbocycles. The topological polar surface area (TPSA) is 178 Å². The molecule has 0 aliphatic heterocycles. The second-order valence-electron chi connectivity index (χ2n) is 10.1. The number of alkyl halides is 1. The number of carbonyl (C=O) groups is 3. The molecule has 0 radical (unpaired) electrons. The van der Waals surface area contributed by atoms with Crippen molar-refractivity contribution < 1.29 is 50.3 Å². The molecule has 0 N–H and O–H groups in total. The number of esters is 2. The number of carbonyl (C=O) groups excluding carboxylic acids is 3. The maximum atomic E-state index is 13.1. The van der Waals surface area contributed by atoms with E-state index in [9.17, 15) is 32.9 Å². The van der Waals surface area contributed by atoms with Crippen molar-refractivity contribution in [2.75, 3.05) is 20.7 Å². The maximum Gasteiger partial charge on any atom is 0.501 e. The van der Waals surface area contributed by atoms with Crippen LogP contribution in [0.4, 0.5) is 5.69 Å². The Balaban J connectivity index is 1.98. The Hall–Kier alpha value is -3.92. The summed E-state index contributed by atoms with van der Waals surface area (Å²) in [4.78, 5) is 49.2. The molecule has 2 aromatic carbocycles.